The van der Waals surface area contributed by atoms with Gasteiger partial charge in [-0.25, -0.2) is 4.68 Å². The molecular weight excluding hydrogens is 392 g/mol. The van der Waals surface area contributed by atoms with Gasteiger partial charge >= 0.3 is 0 Å². The summed E-state index contributed by atoms with van der Waals surface area (Å²) in [5.74, 6) is 0.201. The van der Waals surface area contributed by atoms with Crippen molar-refractivity contribution < 1.29 is 9.84 Å². The first kappa shape index (κ1) is 18.6. The Bertz CT molecular complexity index is 1350. The van der Waals surface area contributed by atoms with E-state index in [1.165, 1.54) is 13.2 Å². The highest BCUT2D eigenvalue weighted by atomic mass is 35.5. The second-order valence-electron chi connectivity index (χ2n) is 6.40. The number of aromatic amines is 1. The standard InChI is InChI=1S/C21H15ClN4O3/c1-11-18-19(12-3-8-16(27)17(9-12)29-2)15(10-23)21(28)24-20(18)26(25-11)14-6-4-13(22)5-7-14/h3-9,27H,1-2H3,(H,24,28). The molecule has 2 heterocycles. The predicted octanol–water partition coefficient (Wildman–Crippen LogP) is 3.93. The van der Waals surface area contributed by atoms with Crippen molar-refractivity contribution in [2.24, 2.45) is 0 Å². The first-order chi connectivity index (χ1) is 13.9. The highest BCUT2D eigenvalue weighted by Gasteiger charge is 2.21. The predicted molar refractivity (Wildman–Crippen MR) is 110 cm³/mol. The normalized spacial score (nSPS) is 10.8. The summed E-state index contributed by atoms with van der Waals surface area (Å²) in [6.07, 6.45) is 0. The summed E-state index contributed by atoms with van der Waals surface area (Å²) in [6.45, 7) is 1.80. The summed E-state index contributed by atoms with van der Waals surface area (Å²) in [6, 6.07) is 13.7. The molecule has 0 aliphatic rings. The number of fused-ring (bicyclic) bond motifs is 1. The van der Waals surface area contributed by atoms with Crippen LogP contribution in [-0.2, 0) is 0 Å². The van der Waals surface area contributed by atoms with Crippen LogP contribution >= 0.6 is 11.6 Å². The van der Waals surface area contributed by atoms with Crippen LogP contribution in [0.3, 0.4) is 0 Å². The number of ether oxygens (including phenoxy) is 1. The Hall–Kier alpha value is -3.76. The van der Waals surface area contributed by atoms with Crippen LogP contribution in [0.5, 0.6) is 11.5 Å². The molecule has 29 heavy (non-hydrogen) atoms. The van der Waals surface area contributed by atoms with Gasteiger partial charge in [0.05, 0.1) is 18.5 Å². The van der Waals surface area contributed by atoms with Crippen molar-refractivity contribution in [3.63, 3.8) is 0 Å². The van der Waals surface area contributed by atoms with Gasteiger partial charge in [-0.05, 0) is 48.9 Å². The Morgan fingerprint density at radius 2 is 1.97 bits per heavy atom. The highest BCUT2D eigenvalue weighted by Crippen LogP contribution is 2.37. The number of nitrogens with one attached hydrogen (secondary N) is 1. The zero-order valence-corrected chi connectivity index (χ0v) is 16.3. The lowest BCUT2D eigenvalue weighted by Gasteiger charge is -2.10. The SMILES string of the molecule is COc1cc(-c2c(C#N)c(=O)[nH]c3c2c(C)nn3-c2ccc(Cl)cc2)ccc1O. The quantitative estimate of drug-likeness (QED) is 0.536. The van der Waals surface area contributed by atoms with E-state index in [0.717, 1.165) is 0 Å². The molecule has 0 atom stereocenters. The van der Waals surface area contributed by atoms with Crippen LogP contribution in [0.25, 0.3) is 27.8 Å². The molecule has 2 N–H and O–H groups in total. The monoisotopic (exact) mass is 406 g/mol. The lowest BCUT2D eigenvalue weighted by Crippen LogP contribution is -2.13. The maximum atomic E-state index is 12.7. The Morgan fingerprint density at radius 1 is 1.24 bits per heavy atom. The summed E-state index contributed by atoms with van der Waals surface area (Å²) < 4.78 is 6.79. The number of hydrogen-bond acceptors (Lipinski definition) is 5. The lowest BCUT2D eigenvalue weighted by molar-refractivity contribution is 0.373. The Kier molecular flexibility index (Phi) is 4.49. The fourth-order valence-electron chi connectivity index (χ4n) is 3.35. The van der Waals surface area contributed by atoms with Crippen molar-refractivity contribution in [1.29, 1.82) is 5.26 Å². The smallest absolute Gasteiger partial charge is 0.268 e. The van der Waals surface area contributed by atoms with Crippen LogP contribution in [-0.4, -0.2) is 27.0 Å². The minimum Gasteiger partial charge on any atom is -0.504 e. The number of nitriles is 1. The third-order valence-electron chi connectivity index (χ3n) is 4.67. The van der Waals surface area contributed by atoms with E-state index in [1.807, 2.05) is 6.07 Å². The van der Waals surface area contributed by atoms with Gasteiger partial charge in [0.25, 0.3) is 5.56 Å². The summed E-state index contributed by atoms with van der Waals surface area (Å²) in [4.78, 5) is 15.5. The van der Waals surface area contributed by atoms with Gasteiger partial charge < -0.3 is 14.8 Å². The van der Waals surface area contributed by atoms with Crippen LogP contribution in [0.4, 0.5) is 0 Å². The average Bonchev–Trinajstić information content (AvgIpc) is 3.04. The third-order valence-corrected chi connectivity index (χ3v) is 4.92. The molecule has 144 valence electrons. The number of H-pyrrole nitrogens is 1. The van der Waals surface area contributed by atoms with Crippen LogP contribution in [0.1, 0.15) is 11.3 Å². The highest BCUT2D eigenvalue weighted by molar-refractivity contribution is 6.30. The number of aromatic hydroxyl groups is 1. The maximum Gasteiger partial charge on any atom is 0.268 e. The van der Waals surface area contributed by atoms with Gasteiger partial charge in [0.1, 0.15) is 17.3 Å². The van der Waals surface area contributed by atoms with Gasteiger partial charge in [-0.2, -0.15) is 10.4 Å². The van der Waals surface area contributed by atoms with Gasteiger partial charge in [-0.3, -0.25) is 4.79 Å². The number of hydrogen-bond donors (Lipinski definition) is 2. The Labute approximate surface area is 170 Å². The van der Waals surface area contributed by atoms with E-state index in [1.54, 1.807) is 48.0 Å². The van der Waals surface area contributed by atoms with Gasteiger partial charge in [-0.15, -0.1) is 0 Å². The molecule has 2 aromatic heterocycles. The fraction of sp³-hybridized carbons (Fsp3) is 0.0952. The molecule has 0 bridgehead atoms. The number of rotatable bonds is 3. The van der Waals surface area contributed by atoms with Crippen LogP contribution < -0.4 is 10.3 Å². The van der Waals surface area contributed by atoms with Gasteiger partial charge in [-0.1, -0.05) is 17.7 Å². The van der Waals surface area contributed by atoms with E-state index < -0.39 is 5.56 Å². The van der Waals surface area contributed by atoms with E-state index >= 15 is 0 Å². The summed E-state index contributed by atoms with van der Waals surface area (Å²) in [5.41, 5.74) is 2.22. The molecule has 4 rings (SSSR count). The van der Waals surface area contributed by atoms with Crippen molar-refractivity contribution in [2.45, 2.75) is 6.92 Å². The number of nitrogens with zero attached hydrogens (tertiary/aromatic N) is 3. The third kappa shape index (κ3) is 3.00. The molecule has 7 nitrogen and oxygen atoms in total. The number of benzene rings is 2. The van der Waals surface area contributed by atoms with E-state index in [2.05, 4.69) is 10.1 Å². The lowest BCUT2D eigenvalue weighted by atomic mass is 9.97. The number of aryl methyl sites for hydroxylation is 1. The topological polar surface area (TPSA) is 104 Å². The molecule has 0 saturated carbocycles. The van der Waals surface area contributed by atoms with Crippen molar-refractivity contribution in [1.82, 2.24) is 14.8 Å². The van der Waals surface area contributed by atoms with Crippen molar-refractivity contribution >= 4 is 22.6 Å². The molecule has 2 aromatic carbocycles. The van der Waals surface area contributed by atoms with E-state index in [-0.39, 0.29) is 17.1 Å². The number of phenolic OH excluding ortho intramolecular Hbond substituents is 1. The summed E-state index contributed by atoms with van der Waals surface area (Å²) in [7, 11) is 1.43. The number of methoxy groups -OCH3 is 1. The molecule has 0 amide bonds. The first-order valence-electron chi connectivity index (χ1n) is 8.63. The number of aromatic nitrogens is 3. The van der Waals surface area contributed by atoms with Crippen molar-refractivity contribution in [2.75, 3.05) is 7.11 Å². The van der Waals surface area contributed by atoms with Gasteiger partial charge in [0, 0.05) is 16.0 Å². The molecule has 0 unspecified atom stereocenters. The number of phenols is 1. The fourth-order valence-corrected chi connectivity index (χ4v) is 3.47. The van der Waals surface area contributed by atoms with Gasteiger partial charge in [0.15, 0.2) is 11.5 Å². The molecule has 0 radical (unpaired) electrons. The second-order valence-corrected chi connectivity index (χ2v) is 6.84. The van der Waals surface area contributed by atoms with Crippen molar-refractivity contribution in [3.05, 3.63) is 69.1 Å². The molecule has 0 aliphatic heterocycles. The Morgan fingerprint density at radius 3 is 2.62 bits per heavy atom. The largest absolute Gasteiger partial charge is 0.504 e. The molecule has 0 aliphatic carbocycles. The van der Waals surface area contributed by atoms with E-state index in [0.29, 0.717) is 38.6 Å². The molecule has 8 heteroatoms. The second kappa shape index (κ2) is 7.00. The zero-order chi connectivity index (χ0) is 20.7. The molecular formula is C21H15ClN4O3. The summed E-state index contributed by atoms with van der Waals surface area (Å²) in [5, 5.41) is 25.4. The van der Waals surface area contributed by atoms with Crippen LogP contribution in [0, 0.1) is 18.3 Å². The Balaban J connectivity index is 2.10. The minimum atomic E-state index is -0.530. The van der Waals surface area contributed by atoms with E-state index in [9.17, 15) is 15.2 Å². The number of halogens is 1. The summed E-state index contributed by atoms with van der Waals surface area (Å²) >= 11 is 5.98. The molecule has 0 fully saturated rings. The zero-order valence-electron chi connectivity index (χ0n) is 15.5. The van der Waals surface area contributed by atoms with Crippen LogP contribution in [0.2, 0.25) is 5.02 Å². The first-order valence-corrected chi connectivity index (χ1v) is 9.01. The minimum absolute atomic E-state index is 0.0376. The van der Waals surface area contributed by atoms with Gasteiger partial charge in [0.2, 0.25) is 0 Å². The average molecular weight is 407 g/mol. The van der Waals surface area contributed by atoms with Crippen molar-refractivity contribution in [3.8, 4) is 34.4 Å². The number of pyridine rings is 1. The van der Waals surface area contributed by atoms with Crippen LogP contribution in [0.15, 0.2) is 47.3 Å². The molecule has 0 saturated heterocycles. The maximum absolute atomic E-state index is 12.7. The molecule has 4 aromatic rings. The molecule has 0 spiro atoms. The van der Waals surface area contributed by atoms with E-state index in [4.69, 9.17) is 16.3 Å².